The lowest BCUT2D eigenvalue weighted by molar-refractivity contribution is 0.465. The van der Waals surface area contributed by atoms with Gasteiger partial charge in [0.05, 0.1) is 0 Å². The highest BCUT2D eigenvalue weighted by atomic mass is 79.9. The first-order chi connectivity index (χ1) is 7.51. The van der Waals surface area contributed by atoms with E-state index in [2.05, 4.69) is 15.9 Å². The van der Waals surface area contributed by atoms with Crippen LogP contribution in [-0.2, 0) is 6.54 Å². The molecule has 0 atom stereocenters. The third-order valence-corrected chi connectivity index (χ3v) is 3.23. The van der Waals surface area contributed by atoms with Crippen LogP contribution in [0, 0.1) is 6.92 Å². The number of aromatic hydroxyl groups is 1. The molecule has 0 aliphatic heterocycles. The number of rotatable bonds is 3. The van der Waals surface area contributed by atoms with E-state index in [1.807, 2.05) is 6.92 Å². The van der Waals surface area contributed by atoms with Gasteiger partial charge in [0.25, 0.3) is 5.56 Å². The molecular weight excluding hydrogens is 272 g/mol. The van der Waals surface area contributed by atoms with Gasteiger partial charge in [-0.1, -0.05) is 6.92 Å². The van der Waals surface area contributed by atoms with Gasteiger partial charge < -0.3 is 15.4 Å². The fourth-order valence-corrected chi connectivity index (χ4v) is 1.74. The highest BCUT2D eigenvalue weighted by molar-refractivity contribution is 9.10. The minimum absolute atomic E-state index is 0.0338. The Bertz CT molecular complexity index is 478. The number of hydrogen-bond donors (Lipinski definition) is 2. The van der Waals surface area contributed by atoms with Gasteiger partial charge in [0.15, 0.2) is 0 Å². The molecule has 1 heterocycles. The highest BCUT2D eigenvalue weighted by Gasteiger charge is 2.10. The lowest BCUT2D eigenvalue weighted by Crippen LogP contribution is -2.24. The summed E-state index contributed by atoms with van der Waals surface area (Å²) in [5.74, 6) is -0.0338. The van der Waals surface area contributed by atoms with Gasteiger partial charge in [-0.3, -0.25) is 4.79 Å². The van der Waals surface area contributed by atoms with Gasteiger partial charge in [0, 0.05) is 18.3 Å². The van der Waals surface area contributed by atoms with Crippen molar-refractivity contribution in [3.8, 4) is 5.75 Å². The average molecular weight is 287 g/mol. The fraction of sp³-hybridized carbons (Fsp3) is 0.364. The fourth-order valence-electron chi connectivity index (χ4n) is 1.41. The van der Waals surface area contributed by atoms with Crippen LogP contribution < -0.4 is 11.3 Å². The molecule has 0 unspecified atom stereocenters. The molecule has 0 saturated carbocycles. The SMILES string of the molecule is CC/C(=C/N)Cn1c(C)cc(O)c(Br)c1=O. The molecule has 5 heteroatoms. The van der Waals surface area contributed by atoms with Gasteiger partial charge in [-0.15, -0.1) is 0 Å². The van der Waals surface area contributed by atoms with Gasteiger partial charge >= 0.3 is 0 Å². The van der Waals surface area contributed by atoms with E-state index in [1.165, 1.54) is 6.20 Å². The first-order valence-electron chi connectivity index (χ1n) is 4.99. The van der Waals surface area contributed by atoms with Gasteiger partial charge in [-0.25, -0.2) is 0 Å². The molecular formula is C11H15BrN2O2. The van der Waals surface area contributed by atoms with Gasteiger partial charge in [-0.2, -0.15) is 0 Å². The summed E-state index contributed by atoms with van der Waals surface area (Å²) in [4.78, 5) is 11.9. The minimum atomic E-state index is -0.245. The lowest BCUT2D eigenvalue weighted by atomic mass is 10.2. The van der Waals surface area contributed by atoms with Crippen molar-refractivity contribution in [2.75, 3.05) is 0 Å². The van der Waals surface area contributed by atoms with E-state index in [-0.39, 0.29) is 15.8 Å². The number of nitrogens with two attached hydrogens (primary N) is 1. The van der Waals surface area contributed by atoms with Crippen LogP contribution >= 0.6 is 15.9 Å². The Morgan fingerprint density at radius 1 is 1.69 bits per heavy atom. The number of aryl methyl sites for hydroxylation is 1. The second kappa shape index (κ2) is 5.21. The molecule has 0 fully saturated rings. The Morgan fingerprint density at radius 3 is 2.81 bits per heavy atom. The molecule has 3 N–H and O–H groups in total. The molecule has 0 radical (unpaired) electrons. The molecule has 16 heavy (non-hydrogen) atoms. The third kappa shape index (κ3) is 2.47. The Kier molecular flexibility index (Phi) is 4.18. The molecule has 1 aromatic rings. The summed E-state index contributed by atoms with van der Waals surface area (Å²) in [5, 5.41) is 9.45. The third-order valence-electron chi connectivity index (χ3n) is 2.48. The predicted octanol–water partition coefficient (Wildman–Crippen LogP) is 1.88. The summed E-state index contributed by atoms with van der Waals surface area (Å²) in [7, 11) is 0. The maximum absolute atomic E-state index is 11.9. The summed E-state index contributed by atoms with van der Waals surface area (Å²) in [6, 6.07) is 1.55. The summed E-state index contributed by atoms with van der Waals surface area (Å²) < 4.78 is 1.76. The Balaban J connectivity index is 3.25. The predicted molar refractivity (Wildman–Crippen MR) is 67.4 cm³/mol. The lowest BCUT2D eigenvalue weighted by Gasteiger charge is -2.12. The van der Waals surface area contributed by atoms with E-state index >= 15 is 0 Å². The Labute approximate surface area is 103 Å². The zero-order valence-electron chi connectivity index (χ0n) is 9.33. The second-order valence-corrected chi connectivity index (χ2v) is 4.35. The molecule has 0 spiro atoms. The number of allylic oxidation sites excluding steroid dienone is 1. The average Bonchev–Trinajstić information content (AvgIpc) is 2.27. The molecule has 88 valence electrons. The van der Waals surface area contributed by atoms with E-state index in [0.717, 1.165) is 12.0 Å². The smallest absolute Gasteiger partial charge is 0.269 e. The van der Waals surface area contributed by atoms with E-state index in [4.69, 9.17) is 5.73 Å². The van der Waals surface area contributed by atoms with E-state index in [9.17, 15) is 9.90 Å². The van der Waals surface area contributed by atoms with Crippen molar-refractivity contribution in [3.05, 3.63) is 38.4 Å². The summed E-state index contributed by atoms with van der Waals surface area (Å²) >= 11 is 3.06. The van der Waals surface area contributed by atoms with E-state index in [1.54, 1.807) is 17.6 Å². The van der Waals surface area contributed by atoms with Crippen molar-refractivity contribution in [1.82, 2.24) is 4.57 Å². The maximum atomic E-state index is 11.9. The zero-order chi connectivity index (χ0) is 12.3. The monoisotopic (exact) mass is 286 g/mol. The Morgan fingerprint density at radius 2 is 2.31 bits per heavy atom. The van der Waals surface area contributed by atoms with Crippen LogP contribution in [0.4, 0.5) is 0 Å². The summed E-state index contributed by atoms with van der Waals surface area (Å²) in [6.45, 7) is 4.21. The van der Waals surface area contributed by atoms with Crippen LogP contribution in [0.3, 0.4) is 0 Å². The van der Waals surface area contributed by atoms with Gasteiger partial charge in [0.2, 0.25) is 0 Å². The number of nitrogens with zero attached hydrogens (tertiary/aromatic N) is 1. The summed E-state index contributed by atoms with van der Waals surface area (Å²) in [5.41, 5.74) is 6.90. The second-order valence-electron chi connectivity index (χ2n) is 3.55. The normalized spacial score (nSPS) is 11.8. The van der Waals surface area contributed by atoms with Crippen LogP contribution in [-0.4, -0.2) is 9.67 Å². The van der Waals surface area contributed by atoms with Gasteiger partial charge in [-0.05, 0) is 41.0 Å². The molecule has 1 aromatic heterocycles. The molecule has 0 amide bonds. The topological polar surface area (TPSA) is 68.2 Å². The molecule has 0 aliphatic rings. The number of halogens is 1. The van der Waals surface area contributed by atoms with Crippen molar-refractivity contribution in [3.63, 3.8) is 0 Å². The standard InChI is InChI=1S/C11H15BrN2O2/c1-3-8(5-13)6-14-7(2)4-9(15)10(12)11(14)16/h4-5,15H,3,6,13H2,1-2H3/b8-5-. The molecule has 4 nitrogen and oxygen atoms in total. The Hall–Kier alpha value is -1.23. The maximum Gasteiger partial charge on any atom is 0.269 e. The van der Waals surface area contributed by atoms with Crippen molar-refractivity contribution in [2.45, 2.75) is 26.8 Å². The first kappa shape index (κ1) is 12.8. The molecule has 0 aromatic carbocycles. The minimum Gasteiger partial charge on any atom is -0.506 e. The quantitative estimate of drug-likeness (QED) is 0.891. The van der Waals surface area contributed by atoms with E-state index in [0.29, 0.717) is 12.2 Å². The van der Waals surface area contributed by atoms with Crippen LogP contribution in [0.5, 0.6) is 5.75 Å². The first-order valence-corrected chi connectivity index (χ1v) is 5.79. The van der Waals surface area contributed by atoms with Crippen LogP contribution in [0.25, 0.3) is 0 Å². The zero-order valence-corrected chi connectivity index (χ0v) is 10.9. The number of hydrogen-bond acceptors (Lipinski definition) is 3. The molecule has 0 aliphatic carbocycles. The number of aromatic nitrogens is 1. The molecule has 0 saturated heterocycles. The van der Waals surface area contributed by atoms with Crippen LogP contribution in [0.15, 0.2) is 27.1 Å². The molecule has 0 bridgehead atoms. The van der Waals surface area contributed by atoms with Crippen LogP contribution in [0.1, 0.15) is 19.0 Å². The van der Waals surface area contributed by atoms with Gasteiger partial charge in [0.1, 0.15) is 10.2 Å². The molecule has 1 rings (SSSR count). The van der Waals surface area contributed by atoms with E-state index < -0.39 is 0 Å². The summed E-state index contributed by atoms with van der Waals surface area (Å²) in [6.07, 6.45) is 2.31. The van der Waals surface area contributed by atoms with Crippen molar-refractivity contribution in [1.29, 1.82) is 0 Å². The highest BCUT2D eigenvalue weighted by Crippen LogP contribution is 2.20. The number of pyridine rings is 1. The van der Waals surface area contributed by atoms with Crippen molar-refractivity contribution >= 4 is 15.9 Å². The van der Waals surface area contributed by atoms with Crippen molar-refractivity contribution in [2.24, 2.45) is 5.73 Å². The van der Waals surface area contributed by atoms with Crippen LogP contribution in [0.2, 0.25) is 0 Å². The largest absolute Gasteiger partial charge is 0.506 e. The van der Waals surface area contributed by atoms with Crippen molar-refractivity contribution < 1.29 is 5.11 Å².